The highest BCUT2D eigenvalue weighted by molar-refractivity contribution is 9.09. The molecule has 0 fully saturated rings. The second kappa shape index (κ2) is 6.78. The molecule has 2 atom stereocenters. The van der Waals surface area contributed by atoms with Crippen LogP contribution >= 0.6 is 15.9 Å². The van der Waals surface area contributed by atoms with E-state index in [1.165, 1.54) is 0 Å². The number of hydrogen-bond donors (Lipinski definition) is 0. The summed E-state index contributed by atoms with van der Waals surface area (Å²) in [6.45, 7) is 27.7. The van der Waals surface area contributed by atoms with Gasteiger partial charge in [0.1, 0.15) is 8.24 Å². The van der Waals surface area contributed by atoms with E-state index in [0.717, 1.165) is 10.5 Å². The first-order valence-corrected chi connectivity index (χ1v) is 15.1. The third-order valence-electron chi connectivity index (χ3n) is 6.84. The Balaban J connectivity index is 5.87. The molecule has 128 valence electrons. The molecule has 0 aliphatic rings. The number of alkyl halides is 1. The second-order valence-electron chi connectivity index (χ2n) is 9.69. The van der Waals surface area contributed by atoms with Crippen LogP contribution in [0.15, 0.2) is 0 Å². The monoisotopic (exact) mass is 393 g/mol. The molecule has 0 aliphatic heterocycles. The van der Waals surface area contributed by atoms with E-state index in [-0.39, 0.29) is 0 Å². The highest BCUT2D eigenvalue weighted by atomic mass is 79.9. The summed E-state index contributed by atoms with van der Waals surface area (Å²) in [5.74, 6) is 0. The van der Waals surface area contributed by atoms with Crippen molar-refractivity contribution in [1.82, 2.24) is 4.57 Å². The molecule has 0 radical (unpaired) electrons. The van der Waals surface area contributed by atoms with E-state index in [9.17, 15) is 0 Å². The van der Waals surface area contributed by atoms with Crippen molar-refractivity contribution in [1.29, 1.82) is 0 Å². The third kappa shape index (κ3) is 4.05. The largest absolute Gasteiger partial charge is 0.323 e. The molecule has 1 nitrogen and oxygen atoms in total. The zero-order chi connectivity index (χ0) is 17.4. The lowest BCUT2D eigenvalue weighted by Crippen LogP contribution is -2.65. The zero-order valence-electron chi connectivity index (χ0n) is 16.7. The maximum Gasteiger partial charge on any atom is 0.122 e. The van der Waals surface area contributed by atoms with Gasteiger partial charge >= 0.3 is 0 Å². The molecule has 0 heterocycles. The Bertz CT molecular complexity index is 328. The smallest absolute Gasteiger partial charge is 0.122 e. The summed E-state index contributed by atoms with van der Waals surface area (Å²) in [5.41, 5.74) is 0. The summed E-state index contributed by atoms with van der Waals surface area (Å²) in [6, 6.07) is 0.618. The molecule has 0 aromatic carbocycles. The molecule has 0 aromatic rings. The van der Waals surface area contributed by atoms with Crippen molar-refractivity contribution >= 4 is 32.2 Å². The molecule has 0 saturated heterocycles. The van der Waals surface area contributed by atoms with E-state index in [0.29, 0.717) is 16.1 Å². The Morgan fingerprint density at radius 1 is 0.905 bits per heavy atom. The summed E-state index contributed by atoms with van der Waals surface area (Å²) in [7, 11) is -0.636. The predicted octanol–water partition coefficient (Wildman–Crippen LogP) is 6.51. The second-order valence-corrected chi connectivity index (χ2v) is 22.1. The van der Waals surface area contributed by atoms with Crippen LogP contribution in [0.25, 0.3) is 0 Å². The summed E-state index contributed by atoms with van der Waals surface area (Å²) >= 11 is 3.68. The van der Waals surface area contributed by atoms with Crippen LogP contribution in [-0.4, -0.2) is 39.3 Å². The predicted molar refractivity (Wildman–Crippen MR) is 109 cm³/mol. The number of rotatable bonds is 5. The first kappa shape index (κ1) is 21.9. The van der Waals surface area contributed by atoms with Gasteiger partial charge in [-0.1, -0.05) is 84.0 Å². The van der Waals surface area contributed by atoms with Crippen molar-refractivity contribution < 1.29 is 0 Å². The van der Waals surface area contributed by atoms with Crippen LogP contribution in [0.2, 0.25) is 34.9 Å². The Labute approximate surface area is 145 Å². The van der Waals surface area contributed by atoms with Gasteiger partial charge in [0.2, 0.25) is 0 Å². The van der Waals surface area contributed by atoms with E-state index in [4.69, 9.17) is 0 Å². The maximum atomic E-state index is 3.68. The van der Waals surface area contributed by atoms with Crippen LogP contribution < -0.4 is 0 Å². The highest BCUT2D eigenvalue weighted by Gasteiger charge is 2.57. The topological polar surface area (TPSA) is 3.24 Å². The minimum Gasteiger partial charge on any atom is -0.323 e. The van der Waals surface area contributed by atoms with Gasteiger partial charge in [-0.15, -0.1) is 0 Å². The fourth-order valence-electron chi connectivity index (χ4n) is 4.11. The lowest BCUT2D eigenvalue weighted by Gasteiger charge is -2.59. The molecule has 0 saturated carbocycles. The van der Waals surface area contributed by atoms with Crippen molar-refractivity contribution in [2.75, 3.05) is 12.4 Å². The zero-order valence-corrected chi connectivity index (χ0v) is 20.3. The summed E-state index contributed by atoms with van der Waals surface area (Å²) < 4.78 is 2.72. The van der Waals surface area contributed by atoms with Crippen molar-refractivity contribution in [3.8, 4) is 0 Å². The van der Waals surface area contributed by atoms with Crippen LogP contribution in [0.3, 0.4) is 0 Å². The van der Waals surface area contributed by atoms with Crippen LogP contribution in [-0.2, 0) is 0 Å². The standard InChI is InChI=1S/C17H40BrNSi2/c1-14(13-18)19(9)20(10,11)15(2)21(12,16(3,4)5)17(6,7)8/h14-15H,13H2,1-12H3. The number of nitrogens with zero attached hydrogens (tertiary/aromatic N) is 1. The first-order valence-electron chi connectivity index (χ1n) is 8.34. The summed E-state index contributed by atoms with van der Waals surface area (Å²) in [4.78, 5) is 0. The van der Waals surface area contributed by atoms with Gasteiger partial charge in [-0.2, -0.15) is 0 Å². The fraction of sp³-hybridized carbons (Fsp3) is 1.00. The molecule has 0 bridgehead atoms. The molecule has 0 rings (SSSR count). The van der Waals surface area contributed by atoms with Crippen molar-refractivity contribution in [3.63, 3.8) is 0 Å². The first-order chi connectivity index (χ1) is 9.05. The maximum absolute atomic E-state index is 3.68. The Morgan fingerprint density at radius 2 is 1.24 bits per heavy atom. The average molecular weight is 395 g/mol. The molecule has 2 unspecified atom stereocenters. The van der Waals surface area contributed by atoms with E-state index in [1.807, 2.05) is 0 Å². The van der Waals surface area contributed by atoms with Gasteiger partial charge in [-0.3, -0.25) is 0 Å². The van der Waals surface area contributed by atoms with Gasteiger partial charge < -0.3 is 4.57 Å². The highest BCUT2D eigenvalue weighted by Crippen LogP contribution is 2.58. The van der Waals surface area contributed by atoms with E-state index >= 15 is 0 Å². The number of hydrogen-bond acceptors (Lipinski definition) is 1. The summed E-state index contributed by atoms with van der Waals surface area (Å²) in [5, 5.41) is 2.76. The van der Waals surface area contributed by atoms with Gasteiger partial charge in [-0.05, 0) is 29.2 Å². The van der Waals surface area contributed by atoms with Crippen molar-refractivity contribution in [2.45, 2.75) is 96.3 Å². The Morgan fingerprint density at radius 3 is 1.48 bits per heavy atom. The lowest BCUT2D eigenvalue weighted by molar-refractivity contribution is 0.420. The van der Waals surface area contributed by atoms with Gasteiger partial charge in [0, 0.05) is 11.4 Å². The molecular formula is C17H40BrNSi2. The molecule has 0 N–H and O–H groups in total. The van der Waals surface area contributed by atoms with E-state index < -0.39 is 16.3 Å². The average Bonchev–Trinajstić information content (AvgIpc) is 2.31. The quantitative estimate of drug-likeness (QED) is 0.379. The fourth-order valence-corrected chi connectivity index (χ4v) is 20.4. The normalized spacial score (nSPS) is 18.0. The van der Waals surface area contributed by atoms with E-state index in [1.54, 1.807) is 0 Å². The van der Waals surface area contributed by atoms with Gasteiger partial charge in [0.15, 0.2) is 0 Å². The number of halogens is 1. The summed E-state index contributed by atoms with van der Waals surface area (Å²) in [6.07, 6.45) is 0. The van der Waals surface area contributed by atoms with E-state index in [2.05, 4.69) is 103 Å². The minimum atomic E-state index is -1.51. The molecule has 21 heavy (non-hydrogen) atoms. The SMILES string of the molecule is CC(CBr)N(C)[Si](C)(C)C(C)[Si](C)(C(C)(C)C)C(C)(C)C. The van der Waals surface area contributed by atoms with Crippen molar-refractivity contribution in [3.05, 3.63) is 0 Å². The molecule has 0 amide bonds. The van der Waals surface area contributed by atoms with Crippen LogP contribution in [0.5, 0.6) is 0 Å². The molecule has 0 spiro atoms. The minimum absolute atomic E-state index is 0.424. The van der Waals surface area contributed by atoms with Crippen molar-refractivity contribution in [2.24, 2.45) is 0 Å². The van der Waals surface area contributed by atoms with Gasteiger partial charge in [-0.25, -0.2) is 0 Å². The van der Waals surface area contributed by atoms with Crippen LogP contribution in [0.1, 0.15) is 55.4 Å². The van der Waals surface area contributed by atoms with Crippen LogP contribution in [0.4, 0.5) is 0 Å². The van der Waals surface area contributed by atoms with Gasteiger partial charge in [0.05, 0.1) is 8.07 Å². The third-order valence-corrected chi connectivity index (χ3v) is 24.0. The molecule has 4 heteroatoms. The Kier molecular flexibility index (Phi) is 7.06. The lowest BCUT2D eigenvalue weighted by atomic mass is 10.2. The molecule has 0 aliphatic carbocycles. The van der Waals surface area contributed by atoms with Gasteiger partial charge in [0.25, 0.3) is 0 Å². The molecular weight excluding hydrogens is 354 g/mol. The Hall–Kier alpha value is 0.874. The van der Waals surface area contributed by atoms with Crippen LogP contribution in [0, 0.1) is 0 Å². The molecule has 0 aromatic heterocycles.